The molecule has 21 heavy (non-hydrogen) atoms. The molecule has 2 N–H and O–H groups in total. The first kappa shape index (κ1) is 13.8. The van der Waals surface area contributed by atoms with Crippen LogP contribution in [0, 0.1) is 6.92 Å². The monoisotopic (exact) mass is 300 g/mol. The van der Waals surface area contributed by atoms with E-state index in [1.165, 1.54) is 0 Å². The van der Waals surface area contributed by atoms with E-state index in [9.17, 15) is 4.79 Å². The van der Waals surface area contributed by atoms with Crippen LogP contribution in [0.25, 0.3) is 11.0 Å². The van der Waals surface area contributed by atoms with Crippen molar-refractivity contribution >= 4 is 28.3 Å². The molecule has 5 nitrogen and oxygen atoms in total. The molecule has 3 rings (SSSR count). The quantitative estimate of drug-likeness (QED) is 0.759. The fourth-order valence-electron chi connectivity index (χ4n) is 2.23. The Morgan fingerprint density at radius 1 is 1.43 bits per heavy atom. The molecular formula is C15H16N4OS. The summed E-state index contributed by atoms with van der Waals surface area (Å²) in [6.45, 7) is 2.54. The van der Waals surface area contributed by atoms with Gasteiger partial charge in [0.25, 0.3) is 0 Å². The third-order valence-electron chi connectivity index (χ3n) is 3.17. The number of hydrogen-bond acceptors (Lipinski definition) is 4. The normalized spacial score (nSPS) is 10.9. The van der Waals surface area contributed by atoms with Gasteiger partial charge in [-0.3, -0.25) is 4.79 Å². The molecule has 1 aromatic carbocycles. The summed E-state index contributed by atoms with van der Waals surface area (Å²) in [5.74, 6) is 0.914. The highest BCUT2D eigenvalue weighted by Gasteiger charge is 2.06. The van der Waals surface area contributed by atoms with E-state index in [4.69, 9.17) is 0 Å². The predicted molar refractivity (Wildman–Crippen MR) is 83.4 cm³/mol. The molecule has 1 amide bonds. The van der Waals surface area contributed by atoms with Crippen molar-refractivity contribution in [2.24, 2.45) is 0 Å². The number of hydrogen-bond donors (Lipinski definition) is 2. The van der Waals surface area contributed by atoms with Gasteiger partial charge in [-0.15, -0.1) is 11.3 Å². The van der Waals surface area contributed by atoms with E-state index in [0.29, 0.717) is 13.0 Å². The zero-order valence-corrected chi connectivity index (χ0v) is 12.5. The zero-order valence-electron chi connectivity index (χ0n) is 11.7. The molecule has 0 atom stereocenters. The molecule has 0 aliphatic carbocycles. The molecular weight excluding hydrogens is 284 g/mol. The van der Waals surface area contributed by atoms with Gasteiger partial charge in [0, 0.05) is 24.5 Å². The zero-order chi connectivity index (χ0) is 14.7. The van der Waals surface area contributed by atoms with Gasteiger partial charge >= 0.3 is 0 Å². The Morgan fingerprint density at radius 2 is 2.33 bits per heavy atom. The molecule has 0 spiro atoms. The van der Waals surface area contributed by atoms with E-state index in [0.717, 1.165) is 33.8 Å². The Labute approximate surface area is 126 Å². The van der Waals surface area contributed by atoms with E-state index in [1.807, 2.05) is 30.5 Å². The molecule has 3 aromatic rings. The number of fused-ring (bicyclic) bond motifs is 1. The van der Waals surface area contributed by atoms with Gasteiger partial charge in [0.1, 0.15) is 5.82 Å². The van der Waals surface area contributed by atoms with Crippen molar-refractivity contribution in [1.29, 1.82) is 0 Å². The van der Waals surface area contributed by atoms with Gasteiger partial charge in [-0.05, 0) is 24.6 Å². The summed E-state index contributed by atoms with van der Waals surface area (Å²) in [4.78, 5) is 23.7. The van der Waals surface area contributed by atoms with E-state index < -0.39 is 0 Å². The van der Waals surface area contributed by atoms with E-state index >= 15 is 0 Å². The number of carbonyl (C=O) groups is 1. The Bertz CT molecular complexity index is 748. The second kappa shape index (κ2) is 6.05. The molecule has 0 aliphatic heterocycles. The summed E-state index contributed by atoms with van der Waals surface area (Å²) < 4.78 is 0. The van der Waals surface area contributed by atoms with Crippen LogP contribution in [0.3, 0.4) is 0 Å². The van der Waals surface area contributed by atoms with Crippen molar-refractivity contribution < 1.29 is 4.79 Å². The highest BCUT2D eigenvalue weighted by Crippen LogP contribution is 2.14. The van der Waals surface area contributed by atoms with Crippen molar-refractivity contribution in [2.45, 2.75) is 19.8 Å². The number of benzene rings is 1. The minimum absolute atomic E-state index is 0.0298. The smallest absolute Gasteiger partial charge is 0.224 e. The number of nitrogens with one attached hydrogen (secondary N) is 2. The Morgan fingerprint density at radius 3 is 3.14 bits per heavy atom. The number of carbonyl (C=O) groups excluding carboxylic acids is 1. The van der Waals surface area contributed by atoms with Crippen LogP contribution in [-0.2, 0) is 17.6 Å². The second-order valence-corrected chi connectivity index (χ2v) is 5.86. The second-order valence-electron chi connectivity index (χ2n) is 4.88. The molecule has 0 bridgehead atoms. The van der Waals surface area contributed by atoms with Gasteiger partial charge in [-0.1, -0.05) is 6.07 Å². The topological polar surface area (TPSA) is 70.7 Å². The largest absolute Gasteiger partial charge is 0.355 e. The number of H-pyrrole nitrogens is 1. The maximum Gasteiger partial charge on any atom is 0.224 e. The van der Waals surface area contributed by atoms with Crippen LogP contribution in [-0.4, -0.2) is 27.4 Å². The Balaban J connectivity index is 1.55. The standard InChI is InChI=1S/C15H16N4OS/c1-10-18-12-3-2-11(8-13(12)19-10)9-14(20)16-5-4-15-17-6-7-21-15/h2-3,6-8H,4-5,9H2,1H3,(H,16,20)(H,18,19). The van der Waals surface area contributed by atoms with Crippen molar-refractivity contribution in [3.05, 3.63) is 46.2 Å². The summed E-state index contributed by atoms with van der Waals surface area (Å²) in [6, 6.07) is 5.87. The van der Waals surface area contributed by atoms with Gasteiger partial charge in [0.2, 0.25) is 5.91 Å². The molecule has 0 unspecified atom stereocenters. The van der Waals surface area contributed by atoms with Crippen LogP contribution in [0.2, 0.25) is 0 Å². The number of amides is 1. The first-order valence-corrected chi connectivity index (χ1v) is 7.69. The van der Waals surface area contributed by atoms with Crippen molar-refractivity contribution in [3.8, 4) is 0 Å². The average molecular weight is 300 g/mol. The maximum atomic E-state index is 11.9. The number of imidazole rings is 1. The summed E-state index contributed by atoms with van der Waals surface area (Å²) in [6.07, 6.45) is 2.94. The van der Waals surface area contributed by atoms with E-state index in [-0.39, 0.29) is 5.91 Å². The molecule has 0 aliphatic rings. The van der Waals surface area contributed by atoms with Crippen LogP contribution >= 0.6 is 11.3 Å². The van der Waals surface area contributed by atoms with Gasteiger partial charge in [-0.25, -0.2) is 9.97 Å². The lowest BCUT2D eigenvalue weighted by Gasteiger charge is -2.04. The van der Waals surface area contributed by atoms with E-state index in [1.54, 1.807) is 17.5 Å². The van der Waals surface area contributed by atoms with Gasteiger partial charge in [0.15, 0.2) is 0 Å². The van der Waals surface area contributed by atoms with Crippen LogP contribution in [0.1, 0.15) is 16.4 Å². The highest BCUT2D eigenvalue weighted by molar-refractivity contribution is 7.09. The molecule has 2 aromatic heterocycles. The fraction of sp³-hybridized carbons (Fsp3) is 0.267. The van der Waals surface area contributed by atoms with Gasteiger partial charge in [0.05, 0.1) is 22.5 Å². The molecule has 2 heterocycles. The Kier molecular flexibility index (Phi) is 3.96. The number of aryl methyl sites for hydroxylation is 1. The number of rotatable bonds is 5. The summed E-state index contributed by atoms with van der Waals surface area (Å²) in [5, 5.41) is 5.91. The fourth-order valence-corrected chi connectivity index (χ4v) is 2.85. The highest BCUT2D eigenvalue weighted by atomic mass is 32.1. The van der Waals surface area contributed by atoms with Crippen LogP contribution in [0.5, 0.6) is 0 Å². The molecule has 0 saturated carbocycles. The molecule has 6 heteroatoms. The number of thiazole rings is 1. The van der Waals surface area contributed by atoms with Crippen LogP contribution < -0.4 is 5.32 Å². The summed E-state index contributed by atoms with van der Waals surface area (Å²) in [7, 11) is 0. The lowest BCUT2D eigenvalue weighted by atomic mass is 10.1. The van der Waals surface area contributed by atoms with Crippen LogP contribution in [0.15, 0.2) is 29.8 Å². The third-order valence-corrected chi connectivity index (χ3v) is 4.01. The predicted octanol–water partition coefficient (Wildman–Crippen LogP) is 2.23. The first-order valence-electron chi connectivity index (χ1n) is 6.81. The lowest BCUT2D eigenvalue weighted by molar-refractivity contribution is -0.120. The SMILES string of the molecule is Cc1nc2ccc(CC(=O)NCCc3nccs3)cc2[nH]1. The number of nitrogens with zero attached hydrogens (tertiary/aromatic N) is 2. The average Bonchev–Trinajstić information content (AvgIpc) is 3.06. The van der Waals surface area contributed by atoms with Crippen molar-refractivity contribution in [3.63, 3.8) is 0 Å². The Hall–Kier alpha value is -2.21. The third kappa shape index (κ3) is 3.46. The minimum atomic E-state index is 0.0298. The summed E-state index contributed by atoms with van der Waals surface area (Å²) >= 11 is 1.61. The van der Waals surface area contributed by atoms with Gasteiger partial charge < -0.3 is 10.3 Å². The first-order chi connectivity index (χ1) is 10.2. The van der Waals surface area contributed by atoms with Crippen molar-refractivity contribution in [1.82, 2.24) is 20.3 Å². The molecule has 0 radical (unpaired) electrons. The maximum absolute atomic E-state index is 11.9. The van der Waals surface area contributed by atoms with Crippen molar-refractivity contribution in [2.75, 3.05) is 6.54 Å². The number of aromatic nitrogens is 3. The molecule has 0 fully saturated rings. The van der Waals surface area contributed by atoms with E-state index in [2.05, 4.69) is 20.3 Å². The lowest BCUT2D eigenvalue weighted by Crippen LogP contribution is -2.27. The van der Waals surface area contributed by atoms with Crippen LogP contribution in [0.4, 0.5) is 0 Å². The number of aromatic amines is 1. The van der Waals surface area contributed by atoms with Gasteiger partial charge in [-0.2, -0.15) is 0 Å². The minimum Gasteiger partial charge on any atom is -0.355 e. The molecule has 108 valence electrons. The summed E-state index contributed by atoms with van der Waals surface area (Å²) in [5.41, 5.74) is 2.89. The molecule has 0 saturated heterocycles.